The Morgan fingerprint density at radius 1 is 1.00 bits per heavy atom. The van der Waals surface area contributed by atoms with Crippen LogP contribution >= 0.6 is 0 Å². The van der Waals surface area contributed by atoms with Gasteiger partial charge in [0.1, 0.15) is 11.2 Å². The van der Waals surface area contributed by atoms with Gasteiger partial charge in [0.05, 0.1) is 12.0 Å². The predicted molar refractivity (Wildman–Crippen MR) is 99.5 cm³/mol. The lowest BCUT2D eigenvalue weighted by atomic mass is 9.89. The van der Waals surface area contributed by atoms with Crippen LogP contribution in [0.3, 0.4) is 0 Å². The second-order valence-electron chi connectivity index (χ2n) is 7.95. The molecule has 1 rings (SSSR count). The van der Waals surface area contributed by atoms with Gasteiger partial charge in [-0.25, -0.2) is 4.79 Å². The van der Waals surface area contributed by atoms with E-state index in [-0.39, 0.29) is 12.1 Å². The number of ether oxygens (including phenoxy) is 2. The highest BCUT2D eigenvalue weighted by molar-refractivity contribution is 5.76. The molecule has 25 heavy (non-hydrogen) atoms. The molecule has 1 heterocycles. The van der Waals surface area contributed by atoms with E-state index >= 15 is 0 Å². The molecule has 1 aliphatic heterocycles. The summed E-state index contributed by atoms with van der Waals surface area (Å²) in [7, 11) is 0. The Balaban J connectivity index is 2.80. The Morgan fingerprint density at radius 2 is 1.56 bits per heavy atom. The maximum Gasteiger partial charge on any atom is 0.410 e. The average molecular weight is 356 g/mol. The fourth-order valence-corrected chi connectivity index (χ4v) is 3.14. The van der Waals surface area contributed by atoms with E-state index in [1.165, 1.54) is 0 Å². The van der Waals surface area contributed by atoms with E-state index in [9.17, 15) is 9.59 Å². The Bertz CT molecular complexity index is 462. The van der Waals surface area contributed by atoms with Crippen molar-refractivity contribution in [3.05, 3.63) is 0 Å². The van der Waals surface area contributed by atoms with Crippen LogP contribution in [0.25, 0.3) is 0 Å². The summed E-state index contributed by atoms with van der Waals surface area (Å²) in [6.45, 7) is 14.9. The quantitative estimate of drug-likeness (QED) is 0.580. The molecule has 5 heteroatoms. The molecule has 146 valence electrons. The van der Waals surface area contributed by atoms with Crippen LogP contribution in [0.2, 0.25) is 0 Å². The minimum atomic E-state index is -0.587. The van der Waals surface area contributed by atoms with Gasteiger partial charge >= 0.3 is 12.1 Å². The smallest absolute Gasteiger partial charge is 0.410 e. The number of carbonyl (C=O) groups is 2. The second-order valence-corrected chi connectivity index (χ2v) is 7.95. The predicted octanol–water partition coefficient (Wildman–Crippen LogP) is 4.93. The van der Waals surface area contributed by atoms with Crippen molar-refractivity contribution >= 4 is 12.1 Å². The molecule has 0 aromatic carbocycles. The lowest BCUT2D eigenvalue weighted by molar-refractivity contribution is -0.170. The Kier molecular flexibility index (Phi) is 7.33. The van der Waals surface area contributed by atoms with Gasteiger partial charge in [0, 0.05) is 13.0 Å². The molecule has 0 aromatic heterocycles. The highest BCUT2D eigenvalue weighted by atomic mass is 16.6. The average Bonchev–Trinajstić information content (AvgIpc) is 3.04. The van der Waals surface area contributed by atoms with Gasteiger partial charge in [0.15, 0.2) is 0 Å². The molecule has 1 fully saturated rings. The molecule has 1 atom stereocenters. The Morgan fingerprint density at radius 3 is 2.00 bits per heavy atom. The summed E-state index contributed by atoms with van der Waals surface area (Å²) >= 11 is 0. The summed E-state index contributed by atoms with van der Waals surface area (Å²) in [5, 5.41) is 0. The number of likely N-dealkylation sites (tertiary alicyclic amines) is 1. The monoisotopic (exact) mass is 355 g/mol. The third-order valence-corrected chi connectivity index (χ3v) is 6.20. The van der Waals surface area contributed by atoms with Crippen molar-refractivity contribution < 1.29 is 19.1 Å². The van der Waals surface area contributed by atoms with Crippen molar-refractivity contribution in [3.63, 3.8) is 0 Å². The van der Waals surface area contributed by atoms with E-state index in [0.29, 0.717) is 25.9 Å². The number of amides is 1. The van der Waals surface area contributed by atoms with Crippen LogP contribution in [0.1, 0.15) is 87.0 Å². The lowest BCUT2D eigenvalue weighted by Crippen LogP contribution is -2.44. The van der Waals surface area contributed by atoms with Gasteiger partial charge in [-0.15, -0.1) is 0 Å². The first-order valence-electron chi connectivity index (χ1n) is 9.84. The molecular weight excluding hydrogens is 318 g/mol. The van der Waals surface area contributed by atoms with Crippen molar-refractivity contribution in [1.29, 1.82) is 0 Å². The van der Waals surface area contributed by atoms with Crippen molar-refractivity contribution in [3.8, 4) is 0 Å². The number of hydrogen-bond acceptors (Lipinski definition) is 4. The number of rotatable bonds is 8. The summed E-state index contributed by atoms with van der Waals surface area (Å²) in [5.41, 5.74) is -1.48. The fraction of sp³-hybridized carbons (Fsp3) is 0.900. The van der Waals surface area contributed by atoms with Crippen LogP contribution in [0.15, 0.2) is 0 Å². The van der Waals surface area contributed by atoms with Gasteiger partial charge in [0.25, 0.3) is 0 Å². The molecule has 0 radical (unpaired) electrons. The number of nitrogens with zero attached hydrogens (tertiary/aromatic N) is 1. The molecule has 0 aromatic rings. The second kappa shape index (κ2) is 8.41. The van der Waals surface area contributed by atoms with Gasteiger partial charge in [0.2, 0.25) is 0 Å². The minimum absolute atomic E-state index is 0.183. The highest BCUT2D eigenvalue weighted by Crippen LogP contribution is 2.34. The van der Waals surface area contributed by atoms with E-state index in [0.717, 1.165) is 25.7 Å². The summed E-state index contributed by atoms with van der Waals surface area (Å²) in [5.74, 6) is -0.183. The van der Waals surface area contributed by atoms with Crippen LogP contribution in [-0.4, -0.2) is 41.3 Å². The Labute approximate surface area is 153 Å². The maximum absolute atomic E-state index is 12.6. The van der Waals surface area contributed by atoms with Crippen molar-refractivity contribution in [2.24, 2.45) is 5.41 Å². The highest BCUT2D eigenvalue weighted by Gasteiger charge is 2.45. The summed E-state index contributed by atoms with van der Waals surface area (Å²) < 4.78 is 11.8. The normalized spacial score (nSPS) is 21.3. The zero-order valence-corrected chi connectivity index (χ0v) is 17.2. The van der Waals surface area contributed by atoms with Crippen LogP contribution in [0.5, 0.6) is 0 Å². The molecule has 0 aliphatic carbocycles. The van der Waals surface area contributed by atoms with E-state index in [2.05, 4.69) is 20.8 Å². The first-order chi connectivity index (χ1) is 11.6. The van der Waals surface area contributed by atoms with Gasteiger partial charge in [-0.3, -0.25) is 4.79 Å². The zero-order chi connectivity index (χ0) is 19.3. The molecule has 1 aliphatic rings. The molecular formula is C20H37NO4. The van der Waals surface area contributed by atoms with Gasteiger partial charge in [-0.2, -0.15) is 0 Å². The number of hydrogen-bond donors (Lipinski definition) is 0. The van der Waals surface area contributed by atoms with Crippen molar-refractivity contribution in [2.45, 2.75) is 98.2 Å². The summed E-state index contributed by atoms with van der Waals surface area (Å²) in [6, 6.07) is 0. The van der Waals surface area contributed by atoms with Gasteiger partial charge < -0.3 is 14.4 Å². The molecule has 1 saturated heterocycles. The third-order valence-electron chi connectivity index (χ3n) is 6.20. The molecule has 0 bridgehead atoms. The minimum Gasteiger partial charge on any atom is -0.457 e. The van der Waals surface area contributed by atoms with E-state index in [1.54, 1.807) is 4.90 Å². The van der Waals surface area contributed by atoms with Crippen molar-refractivity contribution in [1.82, 2.24) is 4.90 Å². The zero-order valence-electron chi connectivity index (χ0n) is 17.2. The van der Waals surface area contributed by atoms with Crippen LogP contribution < -0.4 is 0 Å². The maximum atomic E-state index is 12.6. The molecule has 0 spiro atoms. The van der Waals surface area contributed by atoms with Crippen LogP contribution in [0.4, 0.5) is 4.79 Å². The lowest BCUT2D eigenvalue weighted by Gasteiger charge is -2.34. The van der Waals surface area contributed by atoms with Crippen LogP contribution in [-0.2, 0) is 14.3 Å². The molecule has 0 N–H and O–H groups in total. The first-order valence-corrected chi connectivity index (χ1v) is 9.84. The van der Waals surface area contributed by atoms with Gasteiger partial charge in [-0.05, 0) is 46.0 Å². The largest absolute Gasteiger partial charge is 0.457 e. The molecule has 1 amide bonds. The standard InChI is InChI=1S/C20H37NO4/c1-8-18(6,7)16(22)24-20(12-5)13-14-21(15-20)17(23)25-19(9-2,10-3)11-4/h8-15H2,1-7H3. The van der Waals surface area contributed by atoms with E-state index in [4.69, 9.17) is 9.47 Å². The van der Waals surface area contributed by atoms with E-state index < -0.39 is 16.6 Å². The topological polar surface area (TPSA) is 55.8 Å². The number of carbonyl (C=O) groups excluding carboxylic acids is 2. The summed E-state index contributed by atoms with van der Waals surface area (Å²) in [6.07, 6.45) is 4.22. The molecule has 1 unspecified atom stereocenters. The molecule has 5 nitrogen and oxygen atoms in total. The van der Waals surface area contributed by atoms with Gasteiger partial charge in [-0.1, -0.05) is 34.6 Å². The fourth-order valence-electron chi connectivity index (χ4n) is 3.14. The van der Waals surface area contributed by atoms with Crippen molar-refractivity contribution in [2.75, 3.05) is 13.1 Å². The first kappa shape index (κ1) is 21.8. The SMILES string of the molecule is CCC(CC)(CC)OC(=O)N1CCC(CC)(OC(=O)C(C)(C)CC)C1. The Hall–Kier alpha value is -1.26. The van der Waals surface area contributed by atoms with E-state index in [1.807, 2.05) is 27.7 Å². The third kappa shape index (κ3) is 4.89. The molecule has 0 saturated carbocycles. The number of esters is 1. The summed E-state index contributed by atoms with van der Waals surface area (Å²) in [4.78, 5) is 26.8. The van der Waals surface area contributed by atoms with Crippen LogP contribution in [0, 0.1) is 5.41 Å².